The van der Waals surface area contributed by atoms with Crippen LogP contribution >= 0.6 is 0 Å². The summed E-state index contributed by atoms with van der Waals surface area (Å²) in [5.74, 6) is 0. The zero-order chi connectivity index (χ0) is 17.6. The summed E-state index contributed by atoms with van der Waals surface area (Å²) in [7, 11) is 0. The van der Waals surface area contributed by atoms with E-state index >= 15 is 0 Å². The molecule has 0 amide bonds. The first-order valence-corrected chi connectivity index (χ1v) is 10.0. The number of benzene rings is 2. The van der Waals surface area contributed by atoms with Gasteiger partial charge in [0.2, 0.25) is 0 Å². The van der Waals surface area contributed by atoms with Gasteiger partial charge in [-0.3, -0.25) is 0 Å². The Morgan fingerprint density at radius 2 is 0.962 bits per heavy atom. The maximum Gasteiger partial charge on any atom is 0.0877 e. The molecule has 136 valence electrons. The van der Waals surface area contributed by atoms with Crippen LogP contribution < -0.4 is 9.80 Å². The van der Waals surface area contributed by atoms with Gasteiger partial charge in [-0.2, -0.15) is 10.2 Å². The number of piperidine rings is 2. The molecule has 0 N–H and O–H groups in total. The number of azo groups is 1. The first-order valence-electron chi connectivity index (χ1n) is 10.0. The summed E-state index contributed by atoms with van der Waals surface area (Å²) in [4.78, 5) is 4.92. The van der Waals surface area contributed by atoms with E-state index in [4.69, 9.17) is 0 Å². The van der Waals surface area contributed by atoms with E-state index in [1.807, 2.05) is 12.1 Å². The Bertz CT molecular complexity index is 680. The molecule has 0 saturated carbocycles. The van der Waals surface area contributed by atoms with Crippen LogP contribution in [-0.4, -0.2) is 26.2 Å². The number of nitrogens with zero attached hydrogens (tertiary/aromatic N) is 4. The van der Waals surface area contributed by atoms with Crippen LogP contribution in [0.2, 0.25) is 0 Å². The molecule has 0 aliphatic carbocycles. The monoisotopic (exact) mass is 348 g/mol. The minimum absolute atomic E-state index is 0.927. The topological polar surface area (TPSA) is 31.2 Å². The highest BCUT2D eigenvalue weighted by Crippen LogP contribution is 2.28. The lowest BCUT2D eigenvalue weighted by molar-refractivity contribution is 0.578. The third kappa shape index (κ3) is 4.24. The summed E-state index contributed by atoms with van der Waals surface area (Å²) in [6, 6.07) is 16.9. The summed E-state index contributed by atoms with van der Waals surface area (Å²) in [6.07, 6.45) is 7.85. The van der Waals surface area contributed by atoms with Crippen molar-refractivity contribution in [3.63, 3.8) is 0 Å². The van der Waals surface area contributed by atoms with Crippen molar-refractivity contribution in [2.45, 2.75) is 38.5 Å². The summed E-state index contributed by atoms with van der Waals surface area (Å²) >= 11 is 0. The van der Waals surface area contributed by atoms with Crippen LogP contribution in [-0.2, 0) is 0 Å². The molecular formula is C22H28N4. The van der Waals surface area contributed by atoms with E-state index in [0.717, 1.165) is 37.6 Å². The number of hydrogen-bond acceptors (Lipinski definition) is 4. The van der Waals surface area contributed by atoms with Gasteiger partial charge in [0, 0.05) is 37.6 Å². The lowest BCUT2D eigenvalue weighted by Crippen LogP contribution is -2.29. The van der Waals surface area contributed by atoms with Gasteiger partial charge in [-0.25, -0.2) is 0 Å². The third-order valence-electron chi connectivity index (χ3n) is 5.38. The maximum absolute atomic E-state index is 4.50. The fourth-order valence-electron chi connectivity index (χ4n) is 3.92. The van der Waals surface area contributed by atoms with Crippen molar-refractivity contribution in [3.05, 3.63) is 48.5 Å². The minimum Gasteiger partial charge on any atom is -0.371 e. The molecule has 2 fully saturated rings. The Kier molecular flexibility index (Phi) is 5.48. The Hall–Kier alpha value is -2.36. The predicted octanol–water partition coefficient (Wildman–Crippen LogP) is 6.08. The molecule has 2 heterocycles. The summed E-state index contributed by atoms with van der Waals surface area (Å²) < 4.78 is 0. The van der Waals surface area contributed by atoms with Crippen molar-refractivity contribution in [3.8, 4) is 0 Å². The maximum atomic E-state index is 4.50. The Morgan fingerprint density at radius 1 is 0.538 bits per heavy atom. The molecule has 2 aromatic rings. The molecule has 0 bridgehead atoms. The molecule has 4 nitrogen and oxygen atoms in total. The molecule has 2 aromatic carbocycles. The van der Waals surface area contributed by atoms with Gasteiger partial charge >= 0.3 is 0 Å². The smallest absolute Gasteiger partial charge is 0.0877 e. The van der Waals surface area contributed by atoms with E-state index in [1.54, 1.807) is 0 Å². The standard InChI is InChI=1S/C22H28N4/c1-3-13-25(14-4-1)21-11-7-9-19(17-21)23-24-20-10-8-12-22(18-20)26-15-5-2-6-16-26/h7-12,17-18H,1-6,13-16H2. The number of anilines is 2. The molecule has 26 heavy (non-hydrogen) atoms. The van der Waals surface area contributed by atoms with Gasteiger partial charge < -0.3 is 9.80 Å². The van der Waals surface area contributed by atoms with Crippen molar-refractivity contribution >= 4 is 22.7 Å². The molecule has 2 aliphatic rings. The molecule has 2 saturated heterocycles. The van der Waals surface area contributed by atoms with Crippen molar-refractivity contribution < 1.29 is 0 Å². The fraction of sp³-hybridized carbons (Fsp3) is 0.455. The first-order chi connectivity index (χ1) is 12.9. The molecule has 4 heteroatoms. The molecule has 0 atom stereocenters. The van der Waals surface area contributed by atoms with E-state index in [2.05, 4.69) is 56.4 Å². The fourth-order valence-corrected chi connectivity index (χ4v) is 3.92. The van der Waals surface area contributed by atoms with Crippen LogP contribution in [0.5, 0.6) is 0 Å². The van der Waals surface area contributed by atoms with Gasteiger partial charge in [0.1, 0.15) is 0 Å². The van der Waals surface area contributed by atoms with Gasteiger partial charge in [-0.05, 0) is 74.9 Å². The normalized spacial score (nSPS) is 18.5. The van der Waals surface area contributed by atoms with E-state index in [1.165, 1.54) is 49.9 Å². The lowest BCUT2D eigenvalue weighted by Gasteiger charge is -2.29. The van der Waals surface area contributed by atoms with Crippen molar-refractivity contribution in [1.82, 2.24) is 0 Å². The minimum atomic E-state index is 0.927. The molecular weight excluding hydrogens is 320 g/mol. The van der Waals surface area contributed by atoms with Gasteiger partial charge in [-0.15, -0.1) is 0 Å². The molecule has 0 spiro atoms. The number of rotatable bonds is 4. The second-order valence-electron chi connectivity index (χ2n) is 7.34. The lowest BCUT2D eigenvalue weighted by atomic mass is 10.1. The Labute approximate surface area is 156 Å². The van der Waals surface area contributed by atoms with Crippen LogP contribution in [0.3, 0.4) is 0 Å². The predicted molar refractivity (Wildman–Crippen MR) is 109 cm³/mol. The highest BCUT2D eigenvalue weighted by Gasteiger charge is 2.12. The highest BCUT2D eigenvalue weighted by molar-refractivity contribution is 5.57. The van der Waals surface area contributed by atoms with Crippen LogP contribution in [0.1, 0.15) is 38.5 Å². The van der Waals surface area contributed by atoms with Gasteiger partial charge in [0.25, 0.3) is 0 Å². The van der Waals surface area contributed by atoms with E-state index in [-0.39, 0.29) is 0 Å². The number of hydrogen-bond donors (Lipinski definition) is 0. The van der Waals surface area contributed by atoms with Crippen molar-refractivity contribution in [1.29, 1.82) is 0 Å². The first kappa shape index (κ1) is 17.1. The summed E-state index contributed by atoms with van der Waals surface area (Å²) in [5, 5.41) is 9.00. The average molecular weight is 348 g/mol. The second-order valence-corrected chi connectivity index (χ2v) is 7.34. The average Bonchev–Trinajstić information content (AvgIpc) is 2.74. The van der Waals surface area contributed by atoms with Gasteiger partial charge in [0.15, 0.2) is 0 Å². The Balaban J connectivity index is 1.47. The van der Waals surface area contributed by atoms with Crippen LogP contribution in [0, 0.1) is 0 Å². The Morgan fingerprint density at radius 3 is 1.38 bits per heavy atom. The summed E-state index contributed by atoms with van der Waals surface area (Å²) in [6.45, 7) is 4.61. The van der Waals surface area contributed by atoms with Gasteiger partial charge in [0.05, 0.1) is 11.4 Å². The molecule has 0 unspecified atom stereocenters. The molecule has 0 radical (unpaired) electrons. The molecule has 4 rings (SSSR count). The van der Waals surface area contributed by atoms with Crippen molar-refractivity contribution in [2.75, 3.05) is 36.0 Å². The molecule has 0 aromatic heterocycles. The molecule has 2 aliphatic heterocycles. The largest absolute Gasteiger partial charge is 0.371 e. The van der Waals surface area contributed by atoms with Crippen LogP contribution in [0.4, 0.5) is 22.7 Å². The van der Waals surface area contributed by atoms with Crippen molar-refractivity contribution in [2.24, 2.45) is 10.2 Å². The van der Waals surface area contributed by atoms with Gasteiger partial charge in [-0.1, -0.05) is 12.1 Å². The summed E-state index contributed by atoms with van der Waals surface area (Å²) in [5.41, 5.74) is 4.39. The highest BCUT2D eigenvalue weighted by atomic mass is 15.1. The zero-order valence-electron chi connectivity index (χ0n) is 15.5. The van der Waals surface area contributed by atoms with Crippen LogP contribution in [0.15, 0.2) is 58.8 Å². The third-order valence-corrected chi connectivity index (χ3v) is 5.38. The zero-order valence-corrected chi connectivity index (χ0v) is 15.5. The van der Waals surface area contributed by atoms with E-state index in [0.29, 0.717) is 0 Å². The van der Waals surface area contributed by atoms with Crippen LogP contribution in [0.25, 0.3) is 0 Å². The second kappa shape index (κ2) is 8.35. The SMILES string of the molecule is c1cc(N=Nc2cccc(N3CCCCC3)c2)cc(N2CCCCC2)c1. The van der Waals surface area contributed by atoms with E-state index in [9.17, 15) is 0 Å². The quantitative estimate of drug-likeness (QED) is 0.627. The van der Waals surface area contributed by atoms with E-state index < -0.39 is 0 Å².